The lowest BCUT2D eigenvalue weighted by Crippen LogP contribution is -2.15. The Hall–Kier alpha value is -2.54. The first-order valence-corrected chi connectivity index (χ1v) is 8.09. The summed E-state index contributed by atoms with van der Waals surface area (Å²) < 4.78 is 40.3. The normalized spacial score (nSPS) is 10.8. The number of alkyl halides is 2. The summed E-state index contributed by atoms with van der Waals surface area (Å²) >= 11 is 6.13. The Morgan fingerprint density at radius 1 is 1.12 bits per heavy atom. The van der Waals surface area contributed by atoms with Crippen molar-refractivity contribution in [3.8, 4) is 17.2 Å². The number of hydrogen-bond acceptors (Lipinski definition) is 4. The van der Waals surface area contributed by atoms with Gasteiger partial charge in [-0.25, -0.2) is 0 Å². The van der Waals surface area contributed by atoms with Crippen molar-refractivity contribution in [2.24, 2.45) is 0 Å². The second kappa shape index (κ2) is 8.71. The maximum Gasteiger partial charge on any atom is 0.387 e. The number of para-hydroxylation sites is 1. The second-order valence-electron chi connectivity index (χ2n) is 5.48. The van der Waals surface area contributed by atoms with E-state index in [0.29, 0.717) is 16.5 Å². The number of amides is 1. The minimum absolute atomic E-state index is 0.0247. The molecule has 0 saturated heterocycles. The number of rotatable bonds is 7. The molecule has 0 unspecified atom stereocenters. The molecule has 0 aliphatic carbocycles. The molecule has 0 spiro atoms. The van der Waals surface area contributed by atoms with Gasteiger partial charge >= 0.3 is 6.61 Å². The molecular formula is C18H18ClF2NO4. The van der Waals surface area contributed by atoms with Gasteiger partial charge in [0.15, 0.2) is 11.5 Å². The van der Waals surface area contributed by atoms with E-state index in [1.807, 2.05) is 13.8 Å². The van der Waals surface area contributed by atoms with Crippen LogP contribution in [0, 0.1) is 0 Å². The van der Waals surface area contributed by atoms with Crippen molar-refractivity contribution in [1.82, 2.24) is 0 Å². The third kappa shape index (κ3) is 4.98. The van der Waals surface area contributed by atoms with Crippen LogP contribution in [0.3, 0.4) is 0 Å². The van der Waals surface area contributed by atoms with Crippen LogP contribution < -0.4 is 19.5 Å². The van der Waals surface area contributed by atoms with Gasteiger partial charge in [0.1, 0.15) is 5.75 Å². The van der Waals surface area contributed by atoms with E-state index in [-0.39, 0.29) is 23.2 Å². The Balaban J connectivity index is 2.26. The van der Waals surface area contributed by atoms with Crippen LogP contribution in [0.5, 0.6) is 17.2 Å². The molecule has 0 fully saturated rings. The van der Waals surface area contributed by atoms with Crippen molar-refractivity contribution in [1.29, 1.82) is 0 Å². The fraction of sp³-hybridized carbons (Fsp3) is 0.278. The number of benzene rings is 2. The Labute approximate surface area is 154 Å². The largest absolute Gasteiger partial charge is 0.493 e. The summed E-state index contributed by atoms with van der Waals surface area (Å²) in [5.41, 5.74) is 0.283. The number of methoxy groups -OCH3 is 1. The van der Waals surface area contributed by atoms with Gasteiger partial charge in [-0.15, -0.1) is 0 Å². The molecule has 5 nitrogen and oxygen atoms in total. The molecule has 140 valence electrons. The first-order chi connectivity index (χ1) is 12.3. The summed E-state index contributed by atoms with van der Waals surface area (Å²) in [7, 11) is 1.29. The van der Waals surface area contributed by atoms with Crippen LogP contribution in [0.25, 0.3) is 0 Å². The average molecular weight is 386 g/mol. The maximum atomic E-state index is 12.7. The van der Waals surface area contributed by atoms with E-state index in [0.717, 1.165) is 0 Å². The molecule has 2 rings (SSSR count). The molecule has 0 bridgehead atoms. The van der Waals surface area contributed by atoms with Gasteiger partial charge in [0.05, 0.1) is 23.8 Å². The van der Waals surface area contributed by atoms with E-state index >= 15 is 0 Å². The lowest BCUT2D eigenvalue weighted by atomic mass is 10.1. The smallest absolute Gasteiger partial charge is 0.387 e. The van der Waals surface area contributed by atoms with E-state index in [2.05, 4.69) is 10.1 Å². The van der Waals surface area contributed by atoms with E-state index < -0.39 is 12.5 Å². The van der Waals surface area contributed by atoms with Crippen LogP contribution in [0.2, 0.25) is 5.02 Å². The maximum absolute atomic E-state index is 12.7. The summed E-state index contributed by atoms with van der Waals surface area (Å²) in [4.78, 5) is 12.5. The summed E-state index contributed by atoms with van der Waals surface area (Å²) in [5.74, 6) is -0.485. The molecular weight excluding hydrogens is 368 g/mol. The van der Waals surface area contributed by atoms with E-state index in [1.54, 1.807) is 12.1 Å². The number of carbonyl (C=O) groups excluding carboxylic acids is 1. The number of nitrogens with one attached hydrogen (secondary N) is 1. The minimum atomic E-state index is -3.10. The summed E-state index contributed by atoms with van der Waals surface area (Å²) in [5, 5.41) is 2.90. The van der Waals surface area contributed by atoms with Gasteiger partial charge < -0.3 is 19.5 Å². The SMILES string of the molecule is COc1cccc(C(=O)Nc2ccc(OC(C)C)c(Cl)c2)c1OC(F)F. The van der Waals surface area contributed by atoms with Crippen LogP contribution in [0.1, 0.15) is 24.2 Å². The molecule has 0 atom stereocenters. The number of halogens is 3. The standard InChI is InChI=1S/C18H18ClF2NO4/c1-10(2)25-14-8-7-11(9-13(14)19)22-17(23)12-5-4-6-15(24-3)16(12)26-18(20)21/h4-10,18H,1-3H3,(H,22,23). The molecule has 26 heavy (non-hydrogen) atoms. The van der Waals surface area contributed by atoms with E-state index in [9.17, 15) is 13.6 Å². The molecule has 1 amide bonds. The summed E-state index contributed by atoms with van der Waals surface area (Å²) in [6.07, 6.45) is -0.0567. The molecule has 0 aliphatic rings. The van der Waals surface area contributed by atoms with Crippen molar-refractivity contribution in [3.05, 3.63) is 47.0 Å². The predicted octanol–water partition coefficient (Wildman–Crippen LogP) is 4.99. The van der Waals surface area contributed by atoms with Gasteiger partial charge in [-0.2, -0.15) is 8.78 Å². The highest BCUT2D eigenvalue weighted by molar-refractivity contribution is 6.32. The van der Waals surface area contributed by atoms with Gasteiger partial charge in [0, 0.05) is 5.69 Å². The van der Waals surface area contributed by atoms with Crippen LogP contribution >= 0.6 is 11.6 Å². The predicted molar refractivity (Wildman–Crippen MR) is 94.8 cm³/mol. The molecule has 1 N–H and O–H groups in total. The van der Waals surface area contributed by atoms with Gasteiger partial charge in [-0.3, -0.25) is 4.79 Å². The highest BCUT2D eigenvalue weighted by atomic mass is 35.5. The molecule has 2 aromatic rings. The number of carbonyl (C=O) groups is 1. The lowest BCUT2D eigenvalue weighted by Gasteiger charge is -2.15. The zero-order valence-electron chi connectivity index (χ0n) is 14.4. The van der Waals surface area contributed by atoms with Crippen molar-refractivity contribution in [3.63, 3.8) is 0 Å². The summed E-state index contributed by atoms with van der Waals surface area (Å²) in [6, 6.07) is 8.98. The molecule has 0 radical (unpaired) electrons. The fourth-order valence-electron chi connectivity index (χ4n) is 2.19. The first kappa shape index (κ1) is 19.8. The van der Waals surface area contributed by atoms with E-state index in [4.69, 9.17) is 21.1 Å². The first-order valence-electron chi connectivity index (χ1n) is 7.71. The van der Waals surface area contributed by atoms with Gasteiger partial charge in [-0.05, 0) is 44.2 Å². The zero-order chi connectivity index (χ0) is 19.3. The topological polar surface area (TPSA) is 56.8 Å². The Kier molecular flexibility index (Phi) is 6.63. The van der Waals surface area contributed by atoms with Crippen molar-refractivity contribution in [2.45, 2.75) is 26.6 Å². The van der Waals surface area contributed by atoms with Crippen molar-refractivity contribution >= 4 is 23.2 Å². The molecule has 0 heterocycles. The van der Waals surface area contributed by atoms with Crippen LogP contribution in [-0.4, -0.2) is 25.7 Å². The zero-order valence-corrected chi connectivity index (χ0v) is 15.1. The number of anilines is 1. The molecule has 0 aromatic heterocycles. The molecule has 2 aromatic carbocycles. The Morgan fingerprint density at radius 3 is 2.42 bits per heavy atom. The Morgan fingerprint density at radius 2 is 1.85 bits per heavy atom. The average Bonchev–Trinajstić information content (AvgIpc) is 2.56. The molecule has 8 heteroatoms. The third-order valence-electron chi connectivity index (χ3n) is 3.20. The number of hydrogen-bond donors (Lipinski definition) is 1. The van der Waals surface area contributed by atoms with Gasteiger partial charge in [0.25, 0.3) is 5.91 Å². The monoisotopic (exact) mass is 385 g/mol. The fourth-order valence-corrected chi connectivity index (χ4v) is 2.42. The second-order valence-corrected chi connectivity index (χ2v) is 5.89. The molecule has 0 aliphatic heterocycles. The Bertz CT molecular complexity index is 784. The summed E-state index contributed by atoms with van der Waals surface area (Å²) in [6.45, 7) is 0.623. The highest BCUT2D eigenvalue weighted by Crippen LogP contribution is 2.34. The van der Waals surface area contributed by atoms with Crippen molar-refractivity contribution in [2.75, 3.05) is 12.4 Å². The van der Waals surface area contributed by atoms with Crippen LogP contribution in [0.4, 0.5) is 14.5 Å². The minimum Gasteiger partial charge on any atom is -0.493 e. The number of ether oxygens (including phenoxy) is 3. The van der Waals surface area contributed by atoms with Crippen LogP contribution in [-0.2, 0) is 0 Å². The van der Waals surface area contributed by atoms with Crippen LogP contribution in [0.15, 0.2) is 36.4 Å². The molecule has 0 saturated carbocycles. The van der Waals surface area contributed by atoms with Crippen molar-refractivity contribution < 1.29 is 27.8 Å². The van der Waals surface area contributed by atoms with Gasteiger partial charge in [0.2, 0.25) is 0 Å². The lowest BCUT2D eigenvalue weighted by molar-refractivity contribution is -0.0515. The quantitative estimate of drug-likeness (QED) is 0.729. The van der Waals surface area contributed by atoms with Gasteiger partial charge in [-0.1, -0.05) is 17.7 Å². The highest BCUT2D eigenvalue weighted by Gasteiger charge is 2.20. The third-order valence-corrected chi connectivity index (χ3v) is 3.50. The van der Waals surface area contributed by atoms with E-state index in [1.165, 1.54) is 31.4 Å².